The Hall–Kier alpha value is -0.0800. The van der Waals surface area contributed by atoms with E-state index in [1.165, 1.54) is 19.5 Å². The maximum Gasteiger partial charge on any atom is 0.0915 e. The third-order valence-corrected chi connectivity index (χ3v) is 1.87. The van der Waals surface area contributed by atoms with Crippen LogP contribution in [-0.2, 0) is 0 Å². The highest BCUT2D eigenvalue weighted by Crippen LogP contribution is 1.96. The molecule has 1 rings (SSSR count). The lowest BCUT2D eigenvalue weighted by Gasteiger charge is -2.14. The third kappa shape index (κ3) is 1.20. The van der Waals surface area contributed by atoms with Crippen molar-refractivity contribution < 1.29 is 5.32 Å². The minimum Gasteiger partial charge on any atom is -0.345 e. The first kappa shape index (κ1) is 6.05. The third-order valence-electron chi connectivity index (χ3n) is 1.87. The van der Waals surface area contributed by atoms with Crippen molar-refractivity contribution in [3.05, 3.63) is 0 Å². The van der Waals surface area contributed by atoms with E-state index in [0.717, 1.165) is 6.04 Å². The molecule has 0 saturated carbocycles. The number of hydrogen-bond donors (Lipinski definition) is 1. The molecular formula is C6H15N2+. The lowest BCUT2D eigenvalue weighted by atomic mass is 10.2. The van der Waals surface area contributed by atoms with Crippen molar-refractivity contribution in [1.82, 2.24) is 4.90 Å². The van der Waals surface area contributed by atoms with Gasteiger partial charge in [0.2, 0.25) is 0 Å². The summed E-state index contributed by atoms with van der Waals surface area (Å²) in [5, 5.41) is 2.38. The molecule has 0 aromatic rings. The van der Waals surface area contributed by atoms with E-state index in [4.69, 9.17) is 0 Å². The van der Waals surface area contributed by atoms with Crippen molar-refractivity contribution in [3.8, 4) is 0 Å². The van der Waals surface area contributed by atoms with Gasteiger partial charge in [0, 0.05) is 6.42 Å². The molecule has 1 atom stereocenters. The maximum absolute atomic E-state index is 2.38. The van der Waals surface area contributed by atoms with E-state index < -0.39 is 0 Å². The first-order valence-electron chi connectivity index (χ1n) is 3.29. The molecular weight excluding hydrogens is 100 g/mol. The van der Waals surface area contributed by atoms with Crippen molar-refractivity contribution in [1.29, 1.82) is 0 Å². The zero-order chi connectivity index (χ0) is 5.98. The summed E-state index contributed by atoms with van der Waals surface area (Å²) in [7, 11) is 4.31. The molecule has 1 unspecified atom stereocenters. The van der Waals surface area contributed by atoms with Gasteiger partial charge < -0.3 is 10.2 Å². The van der Waals surface area contributed by atoms with Crippen molar-refractivity contribution in [2.45, 2.75) is 12.5 Å². The average molecular weight is 115 g/mol. The summed E-state index contributed by atoms with van der Waals surface area (Å²) in [6.45, 7) is 2.62. The van der Waals surface area contributed by atoms with Crippen molar-refractivity contribution >= 4 is 0 Å². The summed E-state index contributed by atoms with van der Waals surface area (Å²) >= 11 is 0. The topological polar surface area (TPSA) is 19.9 Å². The number of hydrogen-bond acceptors (Lipinski definition) is 1. The number of rotatable bonds is 1. The van der Waals surface area contributed by atoms with Gasteiger partial charge in [-0.05, 0) is 14.1 Å². The van der Waals surface area contributed by atoms with Gasteiger partial charge in [-0.3, -0.25) is 0 Å². The van der Waals surface area contributed by atoms with Gasteiger partial charge in [0.15, 0.2) is 0 Å². The molecule has 8 heavy (non-hydrogen) atoms. The lowest BCUT2D eigenvalue weighted by Crippen LogP contribution is -2.82. The quantitative estimate of drug-likeness (QED) is 0.459. The first-order chi connectivity index (χ1) is 3.80. The van der Waals surface area contributed by atoms with E-state index in [-0.39, 0.29) is 0 Å². The fourth-order valence-corrected chi connectivity index (χ4v) is 1.21. The summed E-state index contributed by atoms with van der Waals surface area (Å²) in [6.07, 6.45) is 1.37. The van der Waals surface area contributed by atoms with Crippen LogP contribution in [0.3, 0.4) is 0 Å². The highest BCUT2D eigenvalue weighted by molar-refractivity contribution is 4.66. The summed E-state index contributed by atoms with van der Waals surface area (Å²) in [4.78, 5) is 2.31. The summed E-state index contributed by atoms with van der Waals surface area (Å²) in [5.41, 5.74) is 0. The number of nitrogens with two attached hydrogens (primary N) is 1. The molecule has 0 spiro atoms. The van der Waals surface area contributed by atoms with Crippen LogP contribution in [0.4, 0.5) is 0 Å². The molecule has 1 fully saturated rings. The smallest absolute Gasteiger partial charge is 0.0915 e. The van der Waals surface area contributed by atoms with Crippen LogP contribution in [0.25, 0.3) is 0 Å². The van der Waals surface area contributed by atoms with Gasteiger partial charge in [-0.25, -0.2) is 0 Å². The fourth-order valence-electron chi connectivity index (χ4n) is 1.21. The Kier molecular flexibility index (Phi) is 1.86. The van der Waals surface area contributed by atoms with Gasteiger partial charge in [-0.15, -0.1) is 0 Å². The van der Waals surface area contributed by atoms with Gasteiger partial charge in [0.1, 0.15) is 0 Å². The summed E-state index contributed by atoms with van der Waals surface area (Å²) in [6, 6.07) is 0.843. The van der Waals surface area contributed by atoms with Crippen LogP contribution in [0.5, 0.6) is 0 Å². The normalized spacial score (nSPS) is 29.6. The van der Waals surface area contributed by atoms with Crippen molar-refractivity contribution in [3.63, 3.8) is 0 Å². The molecule has 1 aliphatic heterocycles. The van der Waals surface area contributed by atoms with E-state index in [9.17, 15) is 0 Å². The Morgan fingerprint density at radius 1 is 1.50 bits per heavy atom. The number of likely N-dealkylation sites (N-methyl/N-ethyl adjacent to an activating group) is 1. The van der Waals surface area contributed by atoms with E-state index >= 15 is 0 Å². The second-order valence-corrected chi connectivity index (χ2v) is 2.72. The number of quaternary nitrogens is 1. The molecule has 2 heteroatoms. The minimum absolute atomic E-state index is 0.843. The van der Waals surface area contributed by atoms with E-state index in [0.29, 0.717) is 0 Å². The monoisotopic (exact) mass is 115 g/mol. The molecule has 48 valence electrons. The molecule has 1 heterocycles. The van der Waals surface area contributed by atoms with Crippen LogP contribution in [0.15, 0.2) is 0 Å². The molecule has 0 aliphatic carbocycles. The first-order valence-corrected chi connectivity index (χ1v) is 3.29. The molecule has 1 saturated heterocycles. The highest BCUT2D eigenvalue weighted by atomic mass is 15.1. The second-order valence-electron chi connectivity index (χ2n) is 2.72. The Morgan fingerprint density at radius 2 is 2.25 bits per heavy atom. The van der Waals surface area contributed by atoms with E-state index in [2.05, 4.69) is 24.3 Å². The fraction of sp³-hybridized carbons (Fsp3) is 1.00. The Labute approximate surface area is 50.9 Å². The van der Waals surface area contributed by atoms with Crippen LogP contribution in [0, 0.1) is 0 Å². The van der Waals surface area contributed by atoms with Crippen LogP contribution in [0.1, 0.15) is 6.42 Å². The molecule has 2 nitrogen and oxygen atoms in total. The maximum atomic E-state index is 2.38. The van der Waals surface area contributed by atoms with Gasteiger partial charge in [0.25, 0.3) is 0 Å². The van der Waals surface area contributed by atoms with Gasteiger partial charge in [-0.1, -0.05) is 0 Å². The molecule has 0 aromatic carbocycles. The van der Waals surface area contributed by atoms with Crippen LogP contribution in [0.2, 0.25) is 0 Å². The van der Waals surface area contributed by atoms with Crippen molar-refractivity contribution in [2.75, 3.05) is 27.2 Å². The summed E-state index contributed by atoms with van der Waals surface area (Å²) < 4.78 is 0. The second kappa shape index (κ2) is 2.46. The van der Waals surface area contributed by atoms with Crippen LogP contribution in [-0.4, -0.2) is 38.1 Å². The van der Waals surface area contributed by atoms with Crippen molar-refractivity contribution in [2.24, 2.45) is 0 Å². The summed E-state index contributed by atoms with van der Waals surface area (Å²) in [5.74, 6) is 0. The van der Waals surface area contributed by atoms with Gasteiger partial charge in [0.05, 0.1) is 19.1 Å². The van der Waals surface area contributed by atoms with E-state index in [1.54, 1.807) is 0 Å². The average Bonchev–Trinajstić information content (AvgIpc) is 2.12. The lowest BCUT2D eigenvalue weighted by molar-refractivity contribution is -0.637. The predicted molar refractivity (Wildman–Crippen MR) is 33.8 cm³/mol. The molecule has 2 N–H and O–H groups in total. The zero-order valence-electron chi connectivity index (χ0n) is 5.72. The Bertz CT molecular complexity index is 64.9. The van der Waals surface area contributed by atoms with Gasteiger partial charge >= 0.3 is 0 Å². The highest BCUT2D eigenvalue weighted by Gasteiger charge is 2.18. The molecule has 0 aromatic heterocycles. The Balaban J connectivity index is 2.24. The molecule has 0 bridgehead atoms. The molecule has 0 radical (unpaired) electrons. The SMILES string of the molecule is CN(C)C1CC[NH2+]C1. The Morgan fingerprint density at radius 3 is 2.50 bits per heavy atom. The minimum atomic E-state index is 0.843. The van der Waals surface area contributed by atoms with Crippen LogP contribution >= 0.6 is 0 Å². The molecule has 0 amide bonds. The predicted octanol–water partition coefficient (Wildman–Crippen LogP) is -1.12. The van der Waals surface area contributed by atoms with E-state index in [1.807, 2.05) is 0 Å². The molecule has 1 aliphatic rings. The number of nitrogens with zero attached hydrogens (tertiary/aromatic N) is 1. The van der Waals surface area contributed by atoms with Gasteiger partial charge in [-0.2, -0.15) is 0 Å². The van der Waals surface area contributed by atoms with Crippen LogP contribution < -0.4 is 5.32 Å². The standard InChI is InChI=1S/C6H14N2/c1-8(2)6-3-4-7-5-6/h6-7H,3-5H2,1-2H3/p+1. The zero-order valence-corrected chi connectivity index (χ0v) is 5.72. The largest absolute Gasteiger partial charge is 0.345 e.